The third kappa shape index (κ3) is 3.81. The van der Waals surface area contributed by atoms with Crippen LogP contribution in [0.4, 0.5) is 0 Å². The number of hydrogen-bond acceptors (Lipinski definition) is 3. The second-order valence-corrected chi connectivity index (χ2v) is 6.52. The molecule has 1 heterocycles. The molecule has 0 aliphatic heterocycles. The lowest BCUT2D eigenvalue weighted by atomic mass is 9.95. The summed E-state index contributed by atoms with van der Waals surface area (Å²) in [5.41, 5.74) is 2.83. The van der Waals surface area contributed by atoms with Crippen molar-refractivity contribution in [3.63, 3.8) is 0 Å². The molecule has 0 aliphatic carbocycles. The van der Waals surface area contributed by atoms with Gasteiger partial charge in [0.25, 0.3) is 5.91 Å². The average molecular weight is 346 g/mol. The van der Waals surface area contributed by atoms with E-state index in [1.807, 2.05) is 67.6 Å². The summed E-state index contributed by atoms with van der Waals surface area (Å²) >= 11 is 0. The van der Waals surface area contributed by atoms with E-state index < -0.39 is 5.60 Å². The zero-order valence-corrected chi connectivity index (χ0v) is 14.9. The number of amides is 1. The van der Waals surface area contributed by atoms with E-state index >= 15 is 0 Å². The fourth-order valence-corrected chi connectivity index (χ4v) is 2.93. The molecule has 1 atom stereocenters. The first-order valence-corrected chi connectivity index (χ1v) is 8.56. The lowest BCUT2D eigenvalue weighted by Gasteiger charge is -2.24. The van der Waals surface area contributed by atoms with E-state index in [4.69, 9.17) is 0 Å². The Hall–Kier alpha value is -2.98. The van der Waals surface area contributed by atoms with Crippen molar-refractivity contribution >= 4 is 5.91 Å². The maximum Gasteiger partial charge on any atom is 0.251 e. The number of pyridine rings is 1. The van der Waals surface area contributed by atoms with Gasteiger partial charge in [0.15, 0.2) is 0 Å². The second-order valence-electron chi connectivity index (χ2n) is 6.52. The van der Waals surface area contributed by atoms with Crippen LogP contribution < -0.4 is 5.32 Å². The lowest BCUT2D eigenvalue weighted by molar-refractivity contribution is 0.0526. The Morgan fingerprint density at radius 2 is 1.77 bits per heavy atom. The van der Waals surface area contributed by atoms with Crippen molar-refractivity contribution in [2.45, 2.75) is 19.4 Å². The molecule has 2 N–H and O–H groups in total. The van der Waals surface area contributed by atoms with Gasteiger partial charge in [-0.05, 0) is 43.2 Å². The second kappa shape index (κ2) is 7.50. The Morgan fingerprint density at radius 3 is 2.46 bits per heavy atom. The minimum atomic E-state index is -1.14. The molecule has 1 unspecified atom stereocenters. The van der Waals surface area contributed by atoms with E-state index in [0.29, 0.717) is 5.56 Å². The summed E-state index contributed by atoms with van der Waals surface area (Å²) in [5.74, 6) is -0.212. The molecule has 26 heavy (non-hydrogen) atoms. The van der Waals surface area contributed by atoms with Gasteiger partial charge in [-0.25, -0.2) is 0 Å². The lowest BCUT2D eigenvalue weighted by Crippen LogP contribution is -2.38. The van der Waals surface area contributed by atoms with Crippen LogP contribution in [0.3, 0.4) is 0 Å². The first-order chi connectivity index (χ1) is 12.5. The molecule has 0 spiro atoms. The van der Waals surface area contributed by atoms with E-state index in [2.05, 4.69) is 10.3 Å². The standard InChI is InChI=1S/C22H22N2O2/c1-16-18(20-13-6-7-14-23-20)11-8-12-19(16)21(25)24-15-22(2,26)17-9-4-3-5-10-17/h3-14,26H,15H2,1-2H3,(H,24,25). The highest BCUT2D eigenvalue weighted by Gasteiger charge is 2.24. The van der Waals surface area contributed by atoms with Crippen molar-refractivity contribution < 1.29 is 9.90 Å². The summed E-state index contributed by atoms with van der Waals surface area (Å²) in [4.78, 5) is 17.0. The van der Waals surface area contributed by atoms with Crippen molar-refractivity contribution in [1.82, 2.24) is 10.3 Å². The van der Waals surface area contributed by atoms with Gasteiger partial charge in [-0.1, -0.05) is 48.5 Å². The molecule has 132 valence electrons. The number of rotatable bonds is 5. The van der Waals surface area contributed by atoms with Gasteiger partial charge in [0.2, 0.25) is 0 Å². The zero-order valence-electron chi connectivity index (χ0n) is 14.9. The van der Waals surface area contributed by atoms with E-state index in [1.165, 1.54) is 0 Å². The highest BCUT2D eigenvalue weighted by Crippen LogP contribution is 2.24. The van der Waals surface area contributed by atoms with Crippen LogP contribution in [0.5, 0.6) is 0 Å². The number of aliphatic hydroxyl groups is 1. The van der Waals surface area contributed by atoms with Crippen LogP contribution in [-0.4, -0.2) is 22.5 Å². The van der Waals surface area contributed by atoms with Gasteiger partial charge in [-0.15, -0.1) is 0 Å². The van der Waals surface area contributed by atoms with Crippen LogP contribution in [0.25, 0.3) is 11.3 Å². The third-order valence-electron chi connectivity index (χ3n) is 4.51. The quantitative estimate of drug-likeness (QED) is 0.740. The minimum absolute atomic E-state index is 0.128. The average Bonchev–Trinajstić information content (AvgIpc) is 2.68. The van der Waals surface area contributed by atoms with Gasteiger partial charge in [0, 0.05) is 17.3 Å². The Morgan fingerprint density at radius 1 is 1.04 bits per heavy atom. The fraction of sp³-hybridized carbons (Fsp3) is 0.182. The number of carbonyl (C=O) groups excluding carboxylic acids is 1. The Bertz CT molecular complexity index is 891. The molecule has 1 amide bonds. The van der Waals surface area contributed by atoms with Crippen LogP contribution in [0.2, 0.25) is 0 Å². The summed E-state index contributed by atoms with van der Waals surface area (Å²) < 4.78 is 0. The topological polar surface area (TPSA) is 62.2 Å². The normalized spacial score (nSPS) is 13.0. The summed E-state index contributed by atoms with van der Waals surface area (Å²) in [6.07, 6.45) is 1.73. The highest BCUT2D eigenvalue weighted by atomic mass is 16.3. The van der Waals surface area contributed by atoms with Crippen molar-refractivity contribution in [3.05, 3.63) is 89.6 Å². The van der Waals surface area contributed by atoms with Crippen molar-refractivity contribution in [3.8, 4) is 11.3 Å². The van der Waals surface area contributed by atoms with Gasteiger partial charge >= 0.3 is 0 Å². The van der Waals surface area contributed by atoms with Gasteiger partial charge in [-0.2, -0.15) is 0 Å². The minimum Gasteiger partial charge on any atom is -0.384 e. The Kier molecular flexibility index (Phi) is 5.14. The first-order valence-electron chi connectivity index (χ1n) is 8.56. The predicted octanol–water partition coefficient (Wildman–Crippen LogP) is 3.69. The third-order valence-corrected chi connectivity index (χ3v) is 4.51. The molecule has 0 bridgehead atoms. The zero-order chi connectivity index (χ0) is 18.6. The summed E-state index contributed by atoms with van der Waals surface area (Å²) in [6, 6.07) is 20.6. The number of carbonyl (C=O) groups is 1. The SMILES string of the molecule is Cc1c(C(=O)NCC(C)(O)c2ccccc2)cccc1-c1ccccn1. The van der Waals surface area contributed by atoms with Crippen molar-refractivity contribution in [1.29, 1.82) is 0 Å². The molecule has 3 rings (SSSR count). The van der Waals surface area contributed by atoms with Crippen LogP contribution in [-0.2, 0) is 5.60 Å². The van der Waals surface area contributed by atoms with Crippen LogP contribution in [0.1, 0.15) is 28.4 Å². The van der Waals surface area contributed by atoms with Crippen LogP contribution >= 0.6 is 0 Å². The molecular weight excluding hydrogens is 324 g/mol. The van der Waals surface area contributed by atoms with E-state index in [0.717, 1.165) is 22.4 Å². The molecule has 4 heteroatoms. The fourth-order valence-electron chi connectivity index (χ4n) is 2.93. The number of benzene rings is 2. The summed E-state index contributed by atoms with van der Waals surface area (Å²) in [7, 11) is 0. The molecule has 1 aromatic heterocycles. The van der Waals surface area contributed by atoms with Crippen molar-refractivity contribution in [2.24, 2.45) is 0 Å². The number of aromatic nitrogens is 1. The van der Waals surface area contributed by atoms with Gasteiger partial charge in [0.1, 0.15) is 5.60 Å². The molecule has 0 radical (unpaired) electrons. The maximum absolute atomic E-state index is 12.7. The Balaban J connectivity index is 1.79. The van der Waals surface area contributed by atoms with Crippen LogP contribution in [0, 0.1) is 6.92 Å². The monoisotopic (exact) mass is 346 g/mol. The van der Waals surface area contributed by atoms with Gasteiger partial charge < -0.3 is 10.4 Å². The molecule has 0 saturated heterocycles. The summed E-state index contributed by atoms with van der Waals surface area (Å²) in [6.45, 7) is 3.73. The van der Waals surface area contributed by atoms with E-state index in [9.17, 15) is 9.90 Å². The van der Waals surface area contributed by atoms with Crippen LogP contribution in [0.15, 0.2) is 72.9 Å². The molecule has 4 nitrogen and oxygen atoms in total. The van der Waals surface area contributed by atoms with Gasteiger partial charge in [0.05, 0.1) is 12.2 Å². The van der Waals surface area contributed by atoms with Crippen molar-refractivity contribution in [2.75, 3.05) is 6.54 Å². The van der Waals surface area contributed by atoms with E-state index in [1.54, 1.807) is 19.2 Å². The van der Waals surface area contributed by atoms with E-state index in [-0.39, 0.29) is 12.5 Å². The predicted molar refractivity (Wildman–Crippen MR) is 103 cm³/mol. The molecule has 0 aliphatic rings. The number of hydrogen-bond donors (Lipinski definition) is 2. The smallest absolute Gasteiger partial charge is 0.251 e. The van der Waals surface area contributed by atoms with Gasteiger partial charge in [-0.3, -0.25) is 9.78 Å². The molecule has 3 aromatic rings. The summed E-state index contributed by atoms with van der Waals surface area (Å²) in [5, 5.41) is 13.5. The maximum atomic E-state index is 12.7. The molecule has 2 aromatic carbocycles. The number of nitrogens with zero attached hydrogens (tertiary/aromatic N) is 1. The highest BCUT2D eigenvalue weighted by molar-refractivity contribution is 5.97. The number of nitrogens with one attached hydrogen (secondary N) is 1. The Labute approximate surface area is 153 Å². The largest absolute Gasteiger partial charge is 0.384 e. The molecule has 0 fully saturated rings. The molecular formula is C22H22N2O2. The molecule has 0 saturated carbocycles. The first kappa shape index (κ1) is 17.8.